The van der Waals surface area contributed by atoms with Crippen molar-refractivity contribution in [2.75, 3.05) is 0 Å². The number of carboxylic acids is 1. The number of hydrogen-bond acceptors (Lipinski definition) is 3. The van der Waals surface area contributed by atoms with E-state index in [0.29, 0.717) is 0 Å². The van der Waals surface area contributed by atoms with E-state index in [1.54, 1.807) is 20.8 Å². The van der Waals surface area contributed by atoms with Crippen LogP contribution in [0.4, 0.5) is 4.79 Å². The molecule has 0 aliphatic heterocycles. The van der Waals surface area contributed by atoms with E-state index < -0.39 is 23.2 Å². The monoisotopic (exact) mass is 227 g/mol. The molecule has 0 aromatic heterocycles. The number of amides is 1. The summed E-state index contributed by atoms with van der Waals surface area (Å²) in [5.41, 5.74) is -1.64. The third-order valence-corrected chi connectivity index (χ3v) is 3.40. The summed E-state index contributed by atoms with van der Waals surface area (Å²) in [6.45, 7) is 5.25. The molecule has 0 heterocycles. The molecule has 5 heteroatoms. The Bertz CT molecular complexity index is 334. The van der Waals surface area contributed by atoms with Crippen LogP contribution in [-0.2, 0) is 9.53 Å². The number of nitrogens with one attached hydrogen (secondary N) is 1. The Morgan fingerprint density at radius 1 is 1.31 bits per heavy atom. The number of carbonyl (C=O) groups is 2. The fraction of sp³-hybridized carbons (Fsp3) is 0.818. The quantitative estimate of drug-likeness (QED) is 0.747. The minimum atomic E-state index is -1.04. The van der Waals surface area contributed by atoms with Crippen LogP contribution in [-0.4, -0.2) is 28.3 Å². The van der Waals surface area contributed by atoms with Crippen LogP contribution in [0.25, 0.3) is 0 Å². The van der Waals surface area contributed by atoms with E-state index in [0.717, 1.165) is 12.8 Å². The second-order valence-electron chi connectivity index (χ2n) is 5.59. The maximum Gasteiger partial charge on any atom is 0.408 e. The van der Waals surface area contributed by atoms with E-state index >= 15 is 0 Å². The summed E-state index contributed by atoms with van der Waals surface area (Å²) < 4.78 is 5.07. The smallest absolute Gasteiger partial charge is 0.408 e. The number of aliphatic carboxylic acids is 1. The molecular weight excluding hydrogens is 210 g/mol. The van der Waals surface area contributed by atoms with Crippen molar-refractivity contribution in [2.45, 2.75) is 44.8 Å². The Labute approximate surface area is 94.2 Å². The largest absolute Gasteiger partial charge is 0.479 e. The molecule has 1 unspecified atom stereocenters. The van der Waals surface area contributed by atoms with E-state index in [-0.39, 0.29) is 11.8 Å². The van der Waals surface area contributed by atoms with Crippen molar-refractivity contribution in [3.63, 3.8) is 0 Å². The van der Waals surface area contributed by atoms with Gasteiger partial charge in [0.2, 0.25) is 0 Å². The van der Waals surface area contributed by atoms with Gasteiger partial charge in [0.15, 0.2) is 0 Å². The second-order valence-corrected chi connectivity index (χ2v) is 5.59. The van der Waals surface area contributed by atoms with Crippen molar-refractivity contribution in [1.82, 2.24) is 5.32 Å². The Morgan fingerprint density at radius 2 is 1.81 bits per heavy atom. The molecule has 90 valence electrons. The van der Waals surface area contributed by atoms with E-state index in [1.165, 1.54) is 0 Å². The van der Waals surface area contributed by atoms with Crippen LogP contribution in [0, 0.1) is 11.8 Å². The second kappa shape index (κ2) is 3.12. The van der Waals surface area contributed by atoms with Gasteiger partial charge in [-0.05, 0) is 45.4 Å². The molecule has 5 nitrogen and oxygen atoms in total. The molecule has 2 fully saturated rings. The van der Waals surface area contributed by atoms with Gasteiger partial charge >= 0.3 is 12.1 Å². The Balaban J connectivity index is 1.99. The van der Waals surface area contributed by atoms with Gasteiger partial charge in [0.1, 0.15) is 11.1 Å². The zero-order valence-electron chi connectivity index (χ0n) is 9.74. The number of carboxylic acid groups (broad SMARTS) is 1. The van der Waals surface area contributed by atoms with E-state index in [2.05, 4.69) is 5.32 Å². The molecule has 0 aromatic rings. The maximum absolute atomic E-state index is 11.5. The van der Waals surface area contributed by atoms with Gasteiger partial charge in [0.25, 0.3) is 0 Å². The highest BCUT2D eigenvalue weighted by Crippen LogP contribution is 2.64. The first-order chi connectivity index (χ1) is 7.27. The minimum Gasteiger partial charge on any atom is -0.479 e. The zero-order chi connectivity index (χ0) is 12.1. The third kappa shape index (κ3) is 1.54. The summed E-state index contributed by atoms with van der Waals surface area (Å²) in [6.07, 6.45) is 1.13. The van der Waals surface area contributed by atoms with Crippen molar-refractivity contribution < 1.29 is 19.4 Å². The summed E-state index contributed by atoms with van der Waals surface area (Å²) >= 11 is 0. The number of ether oxygens (including phenoxy) is 1. The molecule has 0 spiro atoms. The van der Waals surface area contributed by atoms with E-state index in [9.17, 15) is 9.59 Å². The van der Waals surface area contributed by atoms with Gasteiger partial charge in [-0.25, -0.2) is 9.59 Å². The van der Waals surface area contributed by atoms with Gasteiger partial charge < -0.3 is 15.2 Å². The van der Waals surface area contributed by atoms with Crippen molar-refractivity contribution in [3.05, 3.63) is 0 Å². The summed E-state index contributed by atoms with van der Waals surface area (Å²) in [7, 11) is 0. The van der Waals surface area contributed by atoms with Crippen molar-refractivity contribution in [3.8, 4) is 0 Å². The molecule has 3 atom stereocenters. The van der Waals surface area contributed by atoms with Crippen LogP contribution < -0.4 is 5.32 Å². The normalized spacial score (nSPS) is 35.7. The van der Waals surface area contributed by atoms with Gasteiger partial charge in [-0.15, -0.1) is 0 Å². The Kier molecular flexibility index (Phi) is 2.19. The van der Waals surface area contributed by atoms with Gasteiger partial charge in [-0.3, -0.25) is 0 Å². The van der Waals surface area contributed by atoms with Gasteiger partial charge in [0.05, 0.1) is 0 Å². The van der Waals surface area contributed by atoms with Crippen LogP contribution in [0.5, 0.6) is 0 Å². The van der Waals surface area contributed by atoms with E-state index in [1.807, 2.05) is 0 Å². The fourth-order valence-corrected chi connectivity index (χ4v) is 2.52. The average Bonchev–Trinajstić information content (AvgIpc) is 2.40. The van der Waals surface area contributed by atoms with Crippen molar-refractivity contribution >= 4 is 12.1 Å². The lowest BCUT2D eigenvalue weighted by molar-refractivity contribution is -0.141. The molecule has 0 saturated heterocycles. The standard InChI is InChI=1S/C11H17NO4/c1-10(2,3)16-9(15)12-11(8(13)14)6-4-5-7(6)11/h6-7H,4-5H2,1-3H3,(H,12,15)(H,13,14)/t6-,7+,11?. The average molecular weight is 227 g/mol. The van der Waals surface area contributed by atoms with Crippen LogP contribution in [0.1, 0.15) is 33.6 Å². The maximum atomic E-state index is 11.5. The highest BCUT2D eigenvalue weighted by atomic mass is 16.6. The molecule has 0 radical (unpaired) electrons. The topological polar surface area (TPSA) is 75.6 Å². The lowest BCUT2D eigenvalue weighted by Crippen LogP contribution is -2.47. The Morgan fingerprint density at radius 3 is 2.12 bits per heavy atom. The summed E-state index contributed by atoms with van der Waals surface area (Å²) in [5, 5.41) is 11.7. The highest BCUT2D eigenvalue weighted by molar-refractivity contribution is 5.90. The molecule has 2 saturated carbocycles. The predicted octanol–water partition coefficient (Wildman–Crippen LogP) is 1.37. The van der Waals surface area contributed by atoms with Gasteiger partial charge in [-0.1, -0.05) is 0 Å². The first kappa shape index (κ1) is 11.2. The van der Waals surface area contributed by atoms with Crippen LogP contribution in [0.2, 0.25) is 0 Å². The lowest BCUT2D eigenvalue weighted by Gasteiger charge is -2.22. The molecule has 2 aliphatic carbocycles. The summed E-state index contributed by atoms with van der Waals surface area (Å²) in [5.74, 6) is -0.721. The number of fused-ring (bicyclic) bond motifs is 1. The molecule has 0 bridgehead atoms. The van der Waals surface area contributed by atoms with Crippen LogP contribution in [0.15, 0.2) is 0 Å². The third-order valence-electron chi connectivity index (χ3n) is 3.40. The number of rotatable bonds is 2. The van der Waals surface area contributed by atoms with Crippen LogP contribution in [0.3, 0.4) is 0 Å². The molecule has 2 rings (SSSR count). The molecule has 1 amide bonds. The molecule has 2 N–H and O–H groups in total. The predicted molar refractivity (Wildman–Crippen MR) is 56.0 cm³/mol. The fourth-order valence-electron chi connectivity index (χ4n) is 2.52. The van der Waals surface area contributed by atoms with Crippen LogP contribution >= 0.6 is 0 Å². The number of alkyl carbamates (subject to hydrolysis) is 1. The highest BCUT2D eigenvalue weighted by Gasteiger charge is 2.75. The zero-order valence-corrected chi connectivity index (χ0v) is 9.74. The van der Waals surface area contributed by atoms with E-state index in [4.69, 9.17) is 9.84 Å². The number of hydrogen-bond donors (Lipinski definition) is 2. The lowest BCUT2D eigenvalue weighted by atomic mass is 10.0. The Hall–Kier alpha value is -1.26. The molecule has 2 aliphatic rings. The van der Waals surface area contributed by atoms with Crippen molar-refractivity contribution in [2.24, 2.45) is 11.8 Å². The SMILES string of the molecule is CC(C)(C)OC(=O)NC1(C(=O)O)[C@@H]2CC[C@@H]21. The van der Waals surface area contributed by atoms with Gasteiger partial charge in [-0.2, -0.15) is 0 Å². The summed E-state index contributed by atoms with van der Waals surface area (Å²) in [4.78, 5) is 22.7. The molecule has 0 aromatic carbocycles. The van der Waals surface area contributed by atoms with Gasteiger partial charge in [0, 0.05) is 0 Å². The summed E-state index contributed by atoms with van der Waals surface area (Å²) in [6, 6.07) is 0. The number of carbonyl (C=O) groups excluding carboxylic acids is 1. The minimum absolute atomic E-state index is 0.109. The first-order valence-electron chi connectivity index (χ1n) is 5.52. The van der Waals surface area contributed by atoms with Crippen molar-refractivity contribution in [1.29, 1.82) is 0 Å². The molecule has 16 heavy (non-hydrogen) atoms. The molecular formula is C11H17NO4. The first-order valence-corrected chi connectivity index (χ1v) is 5.52.